The molecule has 0 saturated heterocycles. The van der Waals surface area contributed by atoms with Crippen molar-refractivity contribution in [3.63, 3.8) is 0 Å². The number of carbonyl (C=O) groups excluding carboxylic acids is 1. The number of hydrogen-bond donors (Lipinski definition) is 2. The minimum atomic E-state index is -1.03. The topological polar surface area (TPSA) is 88.5 Å². The second kappa shape index (κ2) is 6.98. The van der Waals surface area contributed by atoms with Crippen LogP contribution in [-0.4, -0.2) is 33.7 Å². The van der Waals surface area contributed by atoms with Crippen LogP contribution in [0, 0.1) is 5.92 Å². The number of carbonyl (C=O) groups is 2. The largest absolute Gasteiger partial charge is 0.477 e. The van der Waals surface area contributed by atoms with Crippen LogP contribution in [0.3, 0.4) is 0 Å². The van der Waals surface area contributed by atoms with Gasteiger partial charge in [-0.1, -0.05) is 0 Å². The Hall–Kier alpha value is -2.11. The van der Waals surface area contributed by atoms with Crippen LogP contribution in [0.15, 0.2) is 18.3 Å². The maximum Gasteiger partial charge on any atom is 0.354 e. The van der Waals surface area contributed by atoms with E-state index >= 15 is 0 Å². The van der Waals surface area contributed by atoms with Gasteiger partial charge in [0.1, 0.15) is 11.3 Å². The average molecular weight is 320 g/mol. The zero-order chi connectivity index (χ0) is 17.0. The van der Waals surface area contributed by atoms with Crippen molar-refractivity contribution in [3.8, 4) is 0 Å². The van der Waals surface area contributed by atoms with Crippen LogP contribution >= 0.6 is 0 Å². The second-order valence-electron chi connectivity index (χ2n) is 6.96. The summed E-state index contributed by atoms with van der Waals surface area (Å²) in [5, 5.41) is 12.2. The molecule has 0 atom stereocenters. The molecule has 1 aliphatic rings. The Balaban J connectivity index is 1.82. The number of ether oxygens (including phenoxy) is 1. The highest BCUT2D eigenvalue weighted by molar-refractivity contribution is 5.85. The Kier molecular flexibility index (Phi) is 5.23. The summed E-state index contributed by atoms with van der Waals surface area (Å²) < 4.78 is 5.44. The molecule has 2 rings (SSSR count). The molecule has 1 aliphatic carbocycles. The molecule has 0 radical (unpaired) electrons. The van der Waals surface area contributed by atoms with Crippen molar-refractivity contribution in [2.45, 2.75) is 58.1 Å². The average Bonchev–Trinajstić information content (AvgIpc) is 2.46. The van der Waals surface area contributed by atoms with Gasteiger partial charge < -0.3 is 15.2 Å². The molecular formula is C17H24N2O4. The number of nitrogens with zero attached hydrogens (tertiary/aromatic N) is 1. The molecule has 0 bridgehead atoms. The number of aromatic nitrogens is 1. The summed E-state index contributed by atoms with van der Waals surface area (Å²) in [6, 6.07) is 3.47. The summed E-state index contributed by atoms with van der Waals surface area (Å²) in [7, 11) is 0. The van der Waals surface area contributed by atoms with E-state index in [-0.39, 0.29) is 23.6 Å². The fourth-order valence-corrected chi connectivity index (χ4v) is 2.70. The van der Waals surface area contributed by atoms with E-state index in [1.165, 1.54) is 12.3 Å². The minimum Gasteiger partial charge on any atom is -0.477 e. The number of rotatable bonds is 4. The summed E-state index contributed by atoms with van der Waals surface area (Å²) in [6.07, 6.45) is 4.89. The number of nitrogens with one attached hydrogen (secondary N) is 1. The van der Waals surface area contributed by atoms with Gasteiger partial charge in [-0.25, -0.2) is 9.78 Å². The van der Waals surface area contributed by atoms with Gasteiger partial charge in [0.15, 0.2) is 0 Å². The maximum absolute atomic E-state index is 12.1. The molecule has 2 N–H and O–H groups in total. The van der Waals surface area contributed by atoms with Crippen molar-refractivity contribution in [2.24, 2.45) is 5.92 Å². The van der Waals surface area contributed by atoms with Gasteiger partial charge in [0.2, 0.25) is 0 Å². The van der Waals surface area contributed by atoms with E-state index in [0.29, 0.717) is 0 Å². The first-order valence-corrected chi connectivity index (χ1v) is 7.93. The van der Waals surface area contributed by atoms with Crippen molar-refractivity contribution in [2.75, 3.05) is 5.32 Å². The fourth-order valence-electron chi connectivity index (χ4n) is 2.70. The van der Waals surface area contributed by atoms with Gasteiger partial charge in [0.05, 0.1) is 17.8 Å². The number of hydrogen-bond acceptors (Lipinski definition) is 5. The molecular weight excluding hydrogens is 296 g/mol. The highest BCUT2D eigenvalue weighted by Gasteiger charge is 2.29. The Morgan fingerprint density at radius 3 is 2.35 bits per heavy atom. The highest BCUT2D eigenvalue weighted by atomic mass is 16.6. The summed E-state index contributed by atoms with van der Waals surface area (Å²) in [6.45, 7) is 5.64. The number of pyridine rings is 1. The van der Waals surface area contributed by atoms with E-state index in [1.54, 1.807) is 6.07 Å². The normalized spacial score (nSPS) is 21.5. The fraction of sp³-hybridized carbons (Fsp3) is 0.588. The van der Waals surface area contributed by atoms with Crippen molar-refractivity contribution in [1.29, 1.82) is 0 Å². The van der Waals surface area contributed by atoms with Crippen LogP contribution < -0.4 is 5.32 Å². The molecule has 6 nitrogen and oxygen atoms in total. The molecule has 1 heterocycles. The molecule has 126 valence electrons. The first-order chi connectivity index (χ1) is 10.7. The Morgan fingerprint density at radius 1 is 1.22 bits per heavy atom. The standard InChI is InChI=1S/C17H24N2O4/c1-17(2,3)23-16(22)11-4-6-12(7-5-11)19-13-8-9-14(15(20)21)18-10-13/h8-12,19H,4-7H2,1-3H3,(H,20,21)/t11-,12-. The zero-order valence-electron chi connectivity index (χ0n) is 13.8. The molecule has 1 aromatic rings. The predicted octanol–water partition coefficient (Wildman–Crippen LogP) is 3.09. The Bertz CT molecular complexity index is 555. The third kappa shape index (κ3) is 5.23. The molecule has 0 amide bonds. The third-order valence-electron chi connectivity index (χ3n) is 3.82. The van der Waals surface area contributed by atoms with Gasteiger partial charge in [-0.05, 0) is 58.6 Å². The van der Waals surface area contributed by atoms with E-state index in [4.69, 9.17) is 9.84 Å². The molecule has 1 aromatic heterocycles. The number of esters is 1. The first kappa shape index (κ1) is 17.2. The van der Waals surface area contributed by atoms with Crippen molar-refractivity contribution < 1.29 is 19.4 Å². The Labute approximate surface area is 136 Å². The van der Waals surface area contributed by atoms with E-state index in [2.05, 4.69) is 10.3 Å². The van der Waals surface area contributed by atoms with E-state index in [1.807, 2.05) is 20.8 Å². The van der Waals surface area contributed by atoms with Gasteiger partial charge in [-0.2, -0.15) is 0 Å². The van der Waals surface area contributed by atoms with E-state index in [9.17, 15) is 9.59 Å². The van der Waals surface area contributed by atoms with Gasteiger partial charge in [-0.3, -0.25) is 4.79 Å². The van der Waals surface area contributed by atoms with Crippen molar-refractivity contribution >= 4 is 17.6 Å². The van der Waals surface area contributed by atoms with Crippen LogP contribution in [0.25, 0.3) is 0 Å². The molecule has 1 fully saturated rings. The molecule has 6 heteroatoms. The number of carboxylic acid groups (broad SMARTS) is 1. The molecule has 0 spiro atoms. The molecule has 0 aromatic carbocycles. The lowest BCUT2D eigenvalue weighted by Crippen LogP contribution is -2.33. The summed E-state index contributed by atoms with van der Waals surface area (Å²) in [4.78, 5) is 26.7. The van der Waals surface area contributed by atoms with Gasteiger partial charge in [0, 0.05) is 6.04 Å². The summed E-state index contributed by atoms with van der Waals surface area (Å²) in [5.41, 5.74) is 0.393. The molecule has 0 aliphatic heterocycles. The van der Waals surface area contributed by atoms with Gasteiger partial charge >= 0.3 is 11.9 Å². The number of carboxylic acids is 1. The molecule has 1 saturated carbocycles. The van der Waals surface area contributed by atoms with Crippen LogP contribution in [0.4, 0.5) is 5.69 Å². The van der Waals surface area contributed by atoms with Crippen LogP contribution in [-0.2, 0) is 9.53 Å². The summed E-state index contributed by atoms with van der Waals surface area (Å²) >= 11 is 0. The number of aromatic carboxylic acids is 1. The smallest absolute Gasteiger partial charge is 0.354 e. The lowest BCUT2D eigenvalue weighted by molar-refractivity contribution is -0.161. The maximum atomic E-state index is 12.1. The van der Waals surface area contributed by atoms with E-state index < -0.39 is 11.6 Å². The van der Waals surface area contributed by atoms with Crippen LogP contribution in [0.1, 0.15) is 56.9 Å². The quantitative estimate of drug-likeness (QED) is 0.829. The van der Waals surface area contributed by atoms with E-state index in [0.717, 1.165) is 31.4 Å². The van der Waals surface area contributed by atoms with Crippen LogP contribution in [0.2, 0.25) is 0 Å². The predicted molar refractivity (Wildman–Crippen MR) is 86.4 cm³/mol. The first-order valence-electron chi connectivity index (χ1n) is 7.93. The summed E-state index contributed by atoms with van der Waals surface area (Å²) in [5.74, 6) is -1.17. The lowest BCUT2D eigenvalue weighted by Gasteiger charge is -2.30. The minimum absolute atomic E-state index is 0.0280. The highest BCUT2D eigenvalue weighted by Crippen LogP contribution is 2.28. The third-order valence-corrected chi connectivity index (χ3v) is 3.82. The Morgan fingerprint density at radius 2 is 1.87 bits per heavy atom. The zero-order valence-corrected chi connectivity index (χ0v) is 13.8. The monoisotopic (exact) mass is 320 g/mol. The SMILES string of the molecule is CC(C)(C)OC(=O)[C@H]1CC[C@H](Nc2ccc(C(=O)O)nc2)CC1. The molecule has 23 heavy (non-hydrogen) atoms. The van der Waals surface area contributed by atoms with Crippen molar-refractivity contribution in [3.05, 3.63) is 24.0 Å². The van der Waals surface area contributed by atoms with Gasteiger partial charge in [0.25, 0.3) is 0 Å². The lowest BCUT2D eigenvalue weighted by atomic mass is 9.86. The van der Waals surface area contributed by atoms with Gasteiger partial charge in [-0.15, -0.1) is 0 Å². The number of anilines is 1. The van der Waals surface area contributed by atoms with Crippen molar-refractivity contribution in [1.82, 2.24) is 4.98 Å². The second-order valence-corrected chi connectivity index (χ2v) is 6.96. The van der Waals surface area contributed by atoms with Crippen LogP contribution in [0.5, 0.6) is 0 Å². The molecule has 0 unspecified atom stereocenters.